The van der Waals surface area contributed by atoms with E-state index in [0.717, 1.165) is 22.4 Å². The minimum Gasteiger partial charge on any atom is -0.497 e. The molecule has 0 aromatic heterocycles. The highest BCUT2D eigenvalue weighted by atomic mass is 16.5. The van der Waals surface area contributed by atoms with E-state index in [1.54, 1.807) is 7.11 Å². The van der Waals surface area contributed by atoms with Gasteiger partial charge >= 0.3 is 0 Å². The van der Waals surface area contributed by atoms with Crippen molar-refractivity contribution in [3.63, 3.8) is 0 Å². The Hall–Kier alpha value is -3.84. The molecule has 188 valence electrons. The van der Waals surface area contributed by atoms with Gasteiger partial charge in [-0.1, -0.05) is 42.5 Å². The fraction of sp³-hybridized carbons (Fsp3) is 0.310. The number of aliphatic imine (C=N–C) groups is 1. The number of benzene rings is 3. The van der Waals surface area contributed by atoms with Crippen molar-refractivity contribution in [2.24, 2.45) is 4.99 Å². The molecule has 7 nitrogen and oxygen atoms in total. The molecule has 0 saturated heterocycles. The molecule has 2 N–H and O–H groups in total. The average Bonchev–Trinajstić information content (AvgIpc) is 3.35. The Balaban J connectivity index is 1.47. The third-order valence-corrected chi connectivity index (χ3v) is 6.06. The number of nitrogens with one attached hydrogen (secondary N) is 1. The van der Waals surface area contributed by atoms with E-state index >= 15 is 0 Å². The first-order valence-electron chi connectivity index (χ1n) is 12.1. The number of aliphatic hydroxyl groups is 1. The second-order valence-electron chi connectivity index (χ2n) is 8.70. The van der Waals surface area contributed by atoms with E-state index in [9.17, 15) is 4.79 Å². The number of amides is 1. The first-order valence-corrected chi connectivity index (χ1v) is 12.1. The summed E-state index contributed by atoms with van der Waals surface area (Å²) in [4.78, 5) is 18.3. The van der Waals surface area contributed by atoms with E-state index in [-0.39, 0.29) is 19.1 Å². The smallest absolute Gasteiger partial charge is 0.251 e. The maximum absolute atomic E-state index is 13.5. The van der Waals surface area contributed by atoms with Crippen molar-refractivity contribution < 1.29 is 24.1 Å². The van der Waals surface area contributed by atoms with E-state index < -0.39 is 5.54 Å². The van der Waals surface area contributed by atoms with Crippen LogP contribution in [0.5, 0.6) is 11.5 Å². The molecule has 1 atom stereocenters. The van der Waals surface area contributed by atoms with Crippen molar-refractivity contribution in [3.8, 4) is 11.5 Å². The zero-order valence-electron chi connectivity index (χ0n) is 20.5. The van der Waals surface area contributed by atoms with Gasteiger partial charge in [-0.2, -0.15) is 0 Å². The summed E-state index contributed by atoms with van der Waals surface area (Å²) >= 11 is 0. The number of aliphatic hydroxyl groups excluding tert-OH is 1. The molecular formula is C29H32N2O5. The van der Waals surface area contributed by atoms with Crippen LogP contribution in [0.1, 0.15) is 23.1 Å². The number of carbonyl (C=O) groups is 1. The van der Waals surface area contributed by atoms with E-state index in [4.69, 9.17) is 24.3 Å². The lowest BCUT2D eigenvalue weighted by Gasteiger charge is -2.23. The lowest BCUT2D eigenvalue weighted by atomic mass is 9.91. The van der Waals surface area contributed by atoms with Crippen LogP contribution in [-0.4, -0.2) is 55.9 Å². The lowest BCUT2D eigenvalue weighted by molar-refractivity contribution is -0.126. The lowest BCUT2D eigenvalue weighted by Crippen LogP contribution is -2.48. The van der Waals surface area contributed by atoms with E-state index in [1.807, 2.05) is 78.9 Å². The zero-order chi connectivity index (χ0) is 25.2. The first-order chi connectivity index (χ1) is 17.6. The second kappa shape index (κ2) is 12.2. The van der Waals surface area contributed by atoms with Gasteiger partial charge < -0.3 is 24.6 Å². The van der Waals surface area contributed by atoms with E-state index in [1.165, 1.54) is 0 Å². The van der Waals surface area contributed by atoms with Crippen molar-refractivity contribution in [1.82, 2.24) is 5.32 Å². The predicted octanol–water partition coefficient (Wildman–Crippen LogP) is 3.57. The number of nitrogens with zero attached hydrogens (tertiary/aromatic N) is 1. The number of ether oxygens (including phenoxy) is 3. The second-order valence-corrected chi connectivity index (χ2v) is 8.70. The number of methoxy groups -OCH3 is 1. The molecule has 1 aliphatic heterocycles. The van der Waals surface area contributed by atoms with Gasteiger partial charge in [0.05, 0.1) is 13.7 Å². The summed E-state index contributed by atoms with van der Waals surface area (Å²) in [6.45, 7) is 1.20. The molecular weight excluding hydrogens is 456 g/mol. The summed E-state index contributed by atoms with van der Waals surface area (Å²) in [6, 6.07) is 25.1. The van der Waals surface area contributed by atoms with Crippen LogP contribution >= 0.6 is 0 Å². The minimum absolute atomic E-state index is 0.0917. The molecule has 4 rings (SSSR count). The fourth-order valence-corrected chi connectivity index (χ4v) is 4.04. The third kappa shape index (κ3) is 6.43. The summed E-state index contributed by atoms with van der Waals surface area (Å²) in [5, 5.41) is 12.0. The van der Waals surface area contributed by atoms with Gasteiger partial charge in [0.2, 0.25) is 5.90 Å². The van der Waals surface area contributed by atoms with Crippen LogP contribution in [0.15, 0.2) is 83.9 Å². The molecule has 1 heterocycles. The Morgan fingerprint density at radius 3 is 2.42 bits per heavy atom. The van der Waals surface area contributed by atoms with Gasteiger partial charge in [0.25, 0.3) is 5.91 Å². The normalized spacial score (nSPS) is 16.7. The SMILES string of the molecule is COc1ccc(CCNC(=O)[C@@]2(Cc3ccccc3)COC(c3ccc(OCCCO)cc3)=N2)cc1. The van der Waals surface area contributed by atoms with Crippen LogP contribution in [-0.2, 0) is 22.4 Å². The first kappa shape index (κ1) is 25.3. The Labute approximate surface area is 211 Å². The highest BCUT2D eigenvalue weighted by Crippen LogP contribution is 2.27. The van der Waals surface area contributed by atoms with E-state index in [0.29, 0.717) is 44.1 Å². The molecule has 1 amide bonds. The van der Waals surface area contributed by atoms with Gasteiger partial charge in [0.15, 0.2) is 5.54 Å². The van der Waals surface area contributed by atoms with Crippen LogP contribution in [0.2, 0.25) is 0 Å². The van der Waals surface area contributed by atoms with Crippen LogP contribution in [0.3, 0.4) is 0 Å². The van der Waals surface area contributed by atoms with E-state index in [2.05, 4.69) is 5.32 Å². The fourth-order valence-electron chi connectivity index (χ4n) is 4.04. The minimum atomic E-state index is -1.05. The van der Waals surface area contributed by atoms with Gasteiger partial charge in [-0.3, -0.25) is 4.79 Å². The summed E-state index contributed by atoms with van der Waals surface area (Å²) in [7, 11) is 1.64. The van der Waals surface area contributed by atoms with Gasteiger partial charge in [0.1, 0.15) is 18.1 Å². The van der Waals surface area contributed by atoms with Crippen molar-refractivity contribution in [3.05, 3.63) is 95.6 Å². The van der Waals surface area contributed by atoms with Crippen LogP contribution < -0.4 is 14.8 Å². The molecule has 3 aromatic carbocycles. The van der Waals surface area contributed by atoms with Crippen molar-refractivity contribution >= 4 is 11.8 Å². The van der Waals surface area contributed by atoms with Crippen molar-refractivity contribution in [2.75, 3.05) is 33.5 Å². The predicted molar refractivity (Wildman–Crippen MR) is 139 cm³/mol. The molecule has 0 bridgehead atoms. The Morgan fingerprint density at radius 1 is 1.00 bits per heavy atom. The van der Waals surface area contributed by atoms with Crippen molar-refractivity contribution in [1.29, 1.82) is 0 Å². The molecule has 7 heteroatoms. The van der Waals surface area contributed by atoms with Gasteiger partial charge in [-0.15, -0.1) is 0 Å². The number of hydrogen-bond acceptors (Lipinski definition) is 6. The molecule has 0 aliphatic carbocycles. The Bertz CT molecular complexity index is 1150. The average molecular weight is 489 g/mol. The summed E-state index contributed by atoms with van der Waals surface area (Å²) in [6.07, 6.45) is 1.72. The monoisotopic (exact) mass is 488 g/mol. The molecule has 3 aromatic rings. The summed E-state index contributed by atoms with van der Waals surface area (Å²) < 4.78 is 16.8. The molecule has 0 radical (unpaired) electrons. The number of rotatable bonds is 12. The maximum atomic E-state index is 13.5. The summed E-state index contributed by atoms with van der Waals surface area (Å²) in [5.41, 5.74) is 1.86. The molecule has 0 fully saturated rings. The molecule has 1 aliphatic rings. The van der Waals surface area contributed by atoms with Gasteiger partial charge in [0, 0.05) is 31.6 Å². The molecule has 0 unspecified atom stereocenters. The van der Waals surface area contributed by atoms with Crippen LogP contribution in [0.4, 0.5) is 0 Å². The standard InChI is InChI=1S/C29H32N2O5/c1-34-25-12-8-22(9-13-25)16-17-30-28(33)29(20-23-6-3-2-4-7-23)21-36-27(31-29)24-10-14-26(15-11-24)35-19-5-18-32/h2-4,6-15,32H,5,16-21H2,1H3,(H,30,33)/t29-/m1/s1. The Morgan fingerprint density at radius 2 is 1.72 bits per heavy atom. The molecule has 0 spiro atoms. The highest BCUT2D eigenvalue weighted by molar-refractivity contribution is 6.00. The summed E-state index contributed by atoms with van der Waals surface area (Å²) in [5.74, 6) is 1.80. The third-order valence-electron chi connectivity index (χ3n) is 6.06. The van der Waals surface area contributed by atoms with Crippen LogP contribution in [0, 0.1) is 0 Å². The van der Waals surface area contributed by atoms with Gasteiger partial charge in [-0.05, 0) is 53.9 Å². The highest BCUT2D eigenvalue weighted by Gasteiger charge is 2.44. The quantitative estimate of drug-likeness (QED) is 0.381. The number of hydrogen-bond donors (Lipinski definition) is 2. The zero-order valence-corrected chi connectivity index (χ0v) is 20.5. The number of carbonyl (C=O) groups excluding carboxylic acids is 1. The topological polar surface area (TPSA) is 89.4 Å². The molecule has 0 saturated carbocycles. The van der Waals surface area contributed by atoms with Crippen LogP contribution in [0.25, 0.3) is 0 Å². The van der Waals surface area contributed by atoms with Gasteiger partial charge in [-0.25, -0.2) is 4.99 Å². The maximum Gasteiger partial charge on any atom is 0.251 e. The Kier molecular flexibility index (Phi) is 8.57. The van der Waals surface area contributed by atoms with Crippen molar-refractivity contribution in [2.45, 2.75) is 24.8 Å². The molecule has 36 heavy (non-hydrogen) atoms. The largest absolute Gasteiger partial charge is 0.497 e.